The number of nitrogens with zero attached hydrogens (tertiary/aromatic N) is 2. The van der Waals surface area contributed by atoms with E-state index in [9.17, 15) is 4.79 Å². The second-order valence-electron chi connectivity index (χ2n) is 4.02. The number of benzene rings is 1. The first-order valence-electron chi connectivity index (χ1n) is 5.33. The first-order valence-corrected chi connectivity index (χ1v) is 5.71. The number of aromatic nitrogens is 2. The Hall–Kier alpha value is -1.61. The molecule has 0 atom stereocenters. The molecule has 0 saturated heterocycles. The summed E-state index contributed by atoms with van der Waals surface area (Å²) < 4.78 is 1.85. The second kappa shape index (κ2) is 4.72. The monoisotopic (exact) mass is 248 g/mol. The van der Waals surface area contributed by atoms with Crippen LogP contribution in [0.3, 0.4) is 0 Å². The Morgan fingerprint density at radius 2 is 2.24 bits per heavy atom. The molecule has 1 heterocycles. The highest BCUT2D eigenvalue weighted by atomic mass is 35.5. The van der Waals surface area contributed by atoms with Crippen LogP contribution in [0.15, 0.2) is 30.6 Å². The van der Waals surface area contributed by atoms with Crippen molar-refractivity contribution in [3.63, 3.8) is 0 Å². The van der Waals surface area contributed by atoms with Crippen LogP contribution in [0.2, 0.25) is 5.02 Å². The lowest BCUT2D eigenvalue weighted by atomic mass is 10.1. The molecular formula is C13H13ClN2O. The molecule has 0 aliphatic carbocycles. The van der Waals surface area contributed by atoms with Crippen molar-refractivity contribution in [2.45, 2.75) is 13.3 Å². The summed E-state index contributed by atoms with van der Waals surface area (Å²) in [4.78, 5) is 16.2. The van der Waals surface area contributed by atoms with E-state index >= 15 is 0 Å². The quantitative estimate of drug-likeness (QED) is 0.783. The third-order valence-electron chi connectivity index (χ3n) is 2.72. The van der Waals surface area contributed by atoms with Gasteiger partial charge in [0.2, 0.25) is 0 Å². The van der Waals surface area contributed by atoms with E-state index in [1.165, 1.54) is 0 Å². The maximum Gasteiger partial charge on any atom is 0.170 e. The highest BCUT2D eigenvalue weighted by Gasteiger charge is 2.10. The maximum absolute atomic E-state index is 12.0. The Morgan fingerprint density at radius 1 is 1.47 bits per heavy atom. The van der Waals surface area contributed by atoms with Gasteiger partial charge in [-0.3, -0.25) is 4.79 Å². The lowest BCUT2D eigenvalue weighted by Crippen LogP contribution is -2.08. The number of rotatable bonds is 3. The average molecular weight is 249 g/mol. The van der Waals surface area contributed by atoms with E-state index in [0.717, 1.165) is 11.4 Å². The Morgan fingerprint density at radius 3 is 2.82 bits per heavy atom. The molecule has 0 saturated carbocycles. The van der Waals surface area contributed by atoms with Gasteiger partial charge in [0.25, 0.3) is 0 Å². The molecule has 88 valence electrons. The van der Waals surface area contributed by atoms with Crippen molar-refractivity contribution in [2.75, 3.05) is 0 Å². The molecule has 3 nitrogen and oxygen atoms in total. The summed E-state index contributed by atoms with van der Waals surface area (Å²) in [5, 5.41) is 0.679. The molecule has 0 fully saturated rings. The summed E-state index contributed by atoms with van der Waals surface area (Å²) in [6, 6.07) is 5.32. The van der Waals surface area contributed by atoms with Gasteiger partial charge in [-0.15, -0.1) is 0 Å². The van der Waals surface area contributed by atoms with E-state index in [2.05, 4.69) is 4.98 Å². The van der Waals surface area contributed by atoms with E-state index in [0.29, 0.717) is 17.0 Å². The fraction of sp³-hybridized carbons (Fsp3) is 0.231. The van der Waals surface area contributed by atoms with E-state index in [-0.39, 0.29) is 5.78 Å². The van der Waals surface area contributed by atoms with E-state index in [1.807, 2.05) is 30.8 Å². The summed E-state index contributed by atoms with van der Waals surface area (Å²) >= 11 is 5.93. The van der Waals surface area contributed by atoms with Crippen molar-refractivity contribution in [1.82, 2.24) is 9.55 Å². The van der Waals surface area contributed by atoms with Crippen LogP contribution in [-0.4, -0.2) is 15.3 Å². The molecule has 2 aromatic rings. The first-order chi connectivity index (χ1) is 8.08. The second-order valence-corrected chi connectivity index (χ2v) is 4.43. The van der Waals surface area contributed by atoms with Gasteiger partial charge in [-0.1, -0.05) is 11.6 Å². The third-order valence-corrected chi connectivity index (χ3v) is 3.14. The van der Waals surface area contributed by atoms with Gasteiger partial charge < -0.3 is 4.57 Å². The summed E-state index contributed by atoms with van der Waals surface area (Å²) in [7, 11) is 1.88. The van der Waals surface area contributed by atoms with E-state index in [1.54, 1.807) is 18.3 Å². The van der Waals surface area contributed by atoms with Gasteiger partial charge in [0, 0.05) is 30.0 Å². The number of carbonyl (C=O) groups is 1. The number of imidazole rings is 1. The Bertz CT molecular complexity index is 560. The first kappa shape index (κ1) is 11.9. The third kappa shape index (κ3) is 2.56. The number of ketones is 1. The molecule has 4 heteroatoms. The van der Waals surface area contributed by atoms with Gasteiger partial charge in [-0.25, -0.2) is 4.98 Å². The highest BCUT2D eigenvalue weighted by Crippen LogP contribution is 2.17. The zero-order valence-corrected chi connectivity index (χ0v) is 10.5. The Labute approximate surface area is 105 Å². The van der Waals surface area contributed by atoms with Crippen molar-refractivity contribution in [1.29, 1.82) is 0 Å². The Kier molecular flexibility index (Phi) is 3.29. The maximum atomic E-state index is 12.0. The van der Waals surface area contributed by atoms with Crippen molar-refractivity contribution in [2.24, 2.45) is 7.05 Å². The van der Waals surface area contributed by atoms with Gasteiger partial charge in [-0.2, -0.15) is 0 Å². The molecule has 0 aliphatic rings. The largest absolute Gasteiger partial charge is 0.338 e. The molecule has 0 N–H and O–H groups in total. The minimum Gasteiger partial charge on any atom is -0.338 e. The molecular weight excluding hydrogens is 236 g/mol. The standard InChI is InChI=1S/C13H13ClN2O/c1-9-7-10(3-4-11(9)14)12(17)8-13-15-5-6-16(13)2/h3-7H,8H2,1-2H3. The van der Waals surface area contributed by atoms with Crippen LogP contribution in [-0.2, 0) is 13.5 Å². The van der Waals surface area contributed by atoms with Crippen molar-refractivity contribution >= 4 is 17.4 Å². The molecule has 2 rings (SSSR count). The van der Waals surface area contributed by atoms with Crippen LogP contribution in [0.4, 0.5) is 0 Å². The van der Waals surface area contributed by atoms with Crippen LogP contribution in [0.5, 0.6) is 0 Å². The SMILES string of the molecule is Cc1cc(C(=O)Cc2nccn2C)ccc1Cl. The minimum atomic E-state index is 0.0547. The summed E-state index contributed by atoms with van der Waals surface area (Å²) in [6.45, 7) is 1.89. The number of Topliss-reactive ketones (excluding diaryl/α,β-unsaturated/α-hetero) is 1. The van der Waals surface area contributed by atoms with Crippen molar-refractivity contribution in [3.8, 4) is 0 Å². The smallest absolute Gasteiger partial charge is 0.170 e. The normalized spacial score (nSPS) is 10.5. The predicted octanol–water partition coefficient (Wildman–Crippen LogP) is 2.81. The lowest BCUT2D eigenvalue weighted by Gasteiger charge is -2.04. The van der Waals surface area contributed by atoms with Gasteiger partial charge >= 0.3 is 0 Å². The predicted molar refractivity (Wildman–Crippen MR) is 67.4 cm³/mol. The number of hydrogen-bond donors (Lipinski definition) is 0. The highest BCUT2D eigenvalue weighted by molar-refractivity contribution is 6.31. The van der Waals surface area contributed by atoms with Crippen molar-refractivity contribution < 1.29 is 4.79 Å². The fourth-order valence-electron chi connectivity index (χ4n) is 1.63. The Balaban J connectivity index is 2.20. The van der Waals surface area contributed by atoms with Crippen molar-refractivity contribution in [3.05, 3.63) is 52.6 Å². The van der Waals surface area contributed by atoms with Gasteiger partial charge in [0.1, 0.15) is 5.82 Å². The minimum absolute atomic E-state index is 0.0547. The molecule has 0 aliphatic heterocycles. The van der Waals surface area contributed by atoms with E-state index < -0.39 is 0 Å². The number of carbonyl (C=O) groups excluding carboxylic acids is 1. The van der Waals surface area contributed by atoms with Gasteiger partial charge in [0.15, 0.2) is 5.78 Å². The molecule has 1 aromatic carbocycles. The van der Waals surface area contributed by atoms with Gasteiger partial charge in [0.05, 0.1) is 6.42 Å². The summed E-state index contributed by atoms with van der Waals surface area (Å²) in [5.41, 5.74) is 1.59. The zero-order chi connectivity index (χ0) is 12.4. The molecule has 0 spiro atoms. The topological polar surface area (TPSA) is 34.9 Å². The van der Waals surface area contributed by atoms with Crippen LogP contribution >= 0.6 is 11.6 Å². The molecule has 1 aromatic heterocycles. The number of halogens is 1. The van der Waals surface area contributed by atoms with Gasteiger partial charge in [-0.05, 0) is 30.7 Å². The molecule has 0 amide bonds. The lowest BCUT2D eigenvalue weighted by molar-refractivity contribution is 0.0990. The number of hydrogen-bond acceptors (Lipinski definition) is 2. The molecule has 0 bridgehead atoms. The average Bonchev–Trinajstić information content (AvgIpc) is 2.68. The fourth-order valence-corrected chi connectivity index (χ4v) is 1.75. The van der Waals surface area contributed by atoms with Crippen LogP contribution in [0, 0.1) is 6.92 Å². The summed E-state index contributed by atoms with van der Waals surface area (Å²) in [6.07, 6.45) is 3.83. The van der Waals surface area contributed by atoms with E-state index in [4.69, 9.17) is 11.6 Å². The summed E-state index contributed by atoms with van der Waals surface area (Å²) in [5.74, 6) is 0.821. The van der Waals surface area contributed by atoms with Crippen LogP contribution in [0.1, 0.15) is 21.7 Å². The number of aryl methyl sites for hydroxylation is 2. The zero-order valence-electron chi connectivity index (χ0n) is 9.77. The molecule has 17 heavy (non-hydrogen) atoms. The molecule has 0 radical (unpaired) electrons. The molecule has 0 unspecified atom stereocenters. The van der Waals surface area contributed by atoms with Crippen LogP contribution < -0.4 is 0 Å². The van der Waals surface area contributed by atoms with Crippen LogP contribution in [0.25, 0.3) is 0 Å².